The Morgan fingerprint density at radius 3 is 2.74 bits per heavy atom. The van der Waals surface area contributed by atoms with E-state index in [9.17, 15) is 9.59 Å². The molecule has 1 aromatic heterocycles. The van der Waals surface area contributed by atoms with Crippen LogP contribution in [0.15, 0.2) is 18.2 Å². The van der Waals surface area contributed by atoms with Crippen molar-refractivity contribution < 1.29 is 14.3 Å². The number of amides is 2. The Morgan fingerprint density at radius 1 is 1.23 bits per heavy atom. The van der Waals surface area contributed by atoms with Crippen molar-refractivity contribution in [3.05, 3.63) is 40.6 Å². The van der Waals surface area contributed by atoms with Crippen LogP contribution in [0, 0.1) is 6.92 Å². The first-order chi connectivity index (χ1) is 14.9. The molecule has 2 aromatic rings. The Labute approximate surface area is 183 Å². The number of hydrogen-bond donors (Lipinski definition) is 1. The smallest absolute Gasteiger partial charge is 0.411 e. The Morgan fingerprint density at radius 2 is 2.00 bits per heavy atom. The molecule has 2 N–H and O–H groups in total. The van der Waals surface area contributed by atoms with Gasteiger partial charge in [0.2, 0.25) is 0 Å². The lowest BCUT2D eigenvalue weighted by atomic mass is 9.90. The summed E-state index contributed by atoms with van der Waals surface area (Å²) in [6.45, 7) is 7.06. The number of fused-ring (bicyclic) bond motifs is 2. The summed E-state index contributed by atoms with van der Waals surface area (Å²) in [5.41, 5.74) is 11.6. The first-order valence-electron chi connectivity index (χ1n) is 11.3. The Kier molecular flexibility index (Phi) is 6.14. The molecular formula is C24H32N4O3. The minimum absolute atomic E-state index is 0.0806. The molecule has 2 aliphatic rings. The summed E-state index contributed by atoms with van der Waals surface area (Å²) in [6.07, 6.45) is 4.23. The van der Waals surface area contributed by atoms with Gasteiger partial charge in [0.05, 0.1) is 24.7 Å². The van der Waals surface area contributed by atoms with Crippen molar-refractivity contribution in [3.63, 3.8) is 0 Å². The highest BCUT2D eigenvalue weighted by atomic mass is 16.6. The van der Waals surface area contributed by atoms with Gasteiger partial charge in [-0.2, -0.15) is 0 Å². The van der Waals surface area contributed by atoms with Crippen molar-refractivity contribution in [1.29, 1.82) is 0 Å². The first-order valence-corrected chi connectivity index (χ1v) is 11.3. The van der Waals surface area contributed by atoms with E-state index in [1.807, 2.05) is 32.0 Å². The zero-order chi connectivity index (χ0) is 22.1. The molecule has 166 valence electrons. The standard InChI is InChI=1S/C24H32N4O3/c1-4-11-31-24(30)28-15(2)13-27(14-22(28)25)23(29)17-9-10-19-16(3)18-7-5-6-8-20(18)26-21(19)12-17/h9-10,12,15,22H,4-8,11,13-14,25H2,1-3H3. The van der Waals surface area contributed by atoms with Gasteiger partial charge in [0.15, 0.2) is 0 Å². The van der Waals surface area contributed by atoms with Crippen LogP contribution in [0.4, 0.5) is 4.79 Å². The van der Waals surface area contributed by atoms with Gasteiger partial charge in [-0.3, -0.25) is 14.7 Å². The predicted molar refractivity (Wildman–Crippen MR) is 120 cm³/mol. The van der Waals surface area contributed by atoms with Crippen LogP contribution in [-0.4, -0.2) is 58.7 Å². The van der Waals surface area contributed by atoms with Crippen LogP contribution in [0.1, 0.15) is 60.3 Å². The summed E-state index contributed by atoms with van der Waals surface area (Å²) in [5.74, 6) is -0.0806. The summed E-state index contributed by atoms with van der Waals surface area (Å²) in [4.78, 5) is 33.8. The maximum atomic E-state index is 13.3. The number of aryl methyl sites for hydroxylation is 2. The molecular weight excluding hydrogens is 392 g/mol. The van der Waals surface area contributed by atoms with Gasteiger partial charge in [-0.25, -0.2) is 4.79 Å². The maximum absolute atomic E-state index is 13.3. The third-order valence-electron chi connectivity index (χ3n) is 6.45. The number of benzene rings is 1. The fraction of sp³-hybridized carbons (Fsp3) is 0.542. The molecule has 7 heteroatoms. The van der Waals surface area contributed by atoms with E-state index in [0.29, 0.717) is 18.7 Å². The monoisotopic (exact) mass is 424 g/mol. The van der Waals surface area contributed by atoms with Gasteiger partial charge in [-0.1, -0.05) is 13.0 Å². The van der Waals surface area contributed by atoms with Crippen molar-refractivity contribution in [2.45, 2.75) is 65.1 Å². The molecule has 2 amide bonds. The molecule has 1 aliphatic heterocycles. The minimum Gasteiger partial charge on any atom is -0.449 e. The number of aromatic nitrogens is 1. The first kappa shape index (κ1) is 21.6. The Balaban J connectivity index is 1.55. The fourth-order valence-electron chi connectivity index (χ4n) is 4.85. The zero-order valence-electron chi connectivity index (χ0n) is 18.7. The molecule has 2 unspecified atom stereocenters. The summed E-state index contributed by atoms with van der Waals surface area (Å²) in [5, 5.41) is 1.12. The van der Waals surface area contributed by atoms with Crippen molar-refractivity contribution >= 4 is 22.9 Å². The van der Waals surface area contributed by atoms with Crippen LogP contribution in [0.3, 0.4) is 0 Å². The maximum Gasteiger partial charge on any atom is 0.411 e. The number of nitrogens with zero attached hydrogens (tertiary/aromatic N) is 3. The third-order valence-corrected chi connectivity index (χ3v) is 6.45. The highest BCUT2D eigenvalue weighted by Crippen LogP contribution is 2.29. The van der Waals surface area contributed by atoms with E-state index >= 15 is 0 Å². The zero-order valence-corrected chi connectivity index (χ0v) is 18.7. The molecule has 0 spiro atoms. The molecule has 2 atom stereocenters. The van der Waals surface area contributed by atoms with Crippen molar-refractivity contribution in [2.24, 2.45) is 5.73 Å². The highest BCUT2D eigenvalue weighted by molar-refractivity contribution is 5.98. The Bertz CT molecular complexity index is 994. The molecule has 1 aliphatic carbocycles. The lowest BCUT2D eigenvalue weighted by molar-refractivity contribution is 0.0187. The second-order valence-corrected chi connectivity index (χ2v) is 8.75. The van der Waals surface area contributed by atoms with Crippen LogP contribution < -0.4 is 5.73 Å². The molecule has 0 radical (unpaired) electrons. The molecule has 4 rings (SSSR count). The number of carbonyl (C=O) groups is 2. The summed E-state index contributed by atoms with van der Waals surface area (Å²) >= 11 is 0. The van der Waals surface area contributed by atoms with Crippen LogP contribution in [0.2, 0.25) is 0 Å². The number of rotatable bonds is 3. The number of nitrogens with two attached hydrogens (primary N) is 1. The molecule has 0 saturated carbocycles. The normalized spacial score (nSPS) is 21.2. The van der Waals surface area contributed by atoms with Gasteiger partial charge in [-0.15, -0.1) is 0 Å². The molecule has 31 heavy (non-hydrogen) atoms. The fourth-order valence-corrected chi connectivity index (χ4v) is 4.85. The minimum atomic E-state index is -0.593. The molecule has 7 nitrogen and oxygen atoms in total. The second kappa shape index (κ2) is 8.83. The van der Waals surface area contributed by atoms with Crippen molar-refractivity contribution in [3.8, 4) is 0 Å². The second-order valence-electron chi connectivity index (χ2n) is 8.75. The van der Waals surface area contributed by atoms with Crippen LogP contribution in [0.5, 0.6) is 0 Å². The summed E-state index contributed by atoms with van der Waals surface area (Å²) in [6, 6.07) is 5.58. The van der Waals surface area contributed by atoms with E-state index < -0.39 is 12.3 Å². The van der Waals surface area contributed by atoms with Crippen LogP contribution >= 0.6 is 0 Å². The quantitative estimate of drug-likeness (QED) is 0.816. The largest absolute Gasteiger partial charge is 0.449 e. The number of piperazine rings is 1. The lowest BCUT2D eigenvalue weighted by Gasteiger charge is -2.43. The van der Waals surface area contributed by atoms with Gasteiger partial charge in [0.25, 0.3) is 5.91 Å². The lowest BCUT2D eigenvalue weighted by Crippen LogP contribution is -2.64. The molecule has 1 aromatic carbocycles. The van der Waals surface area contributed by atoms with Gasteiger partial charge < -0.3 is 15.4 Å². The SMILES string of the molecule is CCCOC(=O)N1C(C)CN(C(=O)c2ccc3c(C)c4c(nc3c2)CCCC4)CC1N. The molecule has 0 bridgehead atoms. The number of hydrogen-bond acceptors (Lipinski definition) is 5. The van der Waals surface area contributed by atoms with E-state index in [4.69, 9.17) is 15.5 Å². The van der Waals surface area contributed by atoms with E-state index in [-0.39, 0.29) is 18.5 Å². The Hall–Kier alpha value is -2.67. The van der Waals surface area contributed by atoms with Crippen molar-refractivity contribution in [1.82, 2.24) is 14.8 Å². The summed E-state index contributed by atoms with van der Waals surface area (Å²) in [7, 11) is 0. The number of carbonyl (C=O) groups excluding carboxylic acids is 2. The van der Waals surface area contributed by atoms with Crippen LogP contribution in [-0.2, 0) is 17.6 Å². The van der Waals surface area contributed by atoms with Gasteiger partial charge in [0.1, 0.15) is 6.17 Å². The number of ether oxygens (including phenoxy) is 1. The van der Waals surface area contributed by atoms with Crippen molar-refractivity contribution in [2.75, 3.05) is 19.7 Å². The van der Waals surface area contributed by atoms with E-state index in [1.165, 1.54) is 34.6 Å². The third kappa shape index (κ3) is 4.11. The van der Waals surface area contributed by atoms with Gasteiger partial charge >= 0.3 is 6.09 Å². The van der Waals surface area contributed by atoms with Gasteiger partial charge in [0, 0.05) is 23.2 Å². The molecule has 1 saturated heterocycles. The average molecular weight is 425 g/mol. The predicted octanol–water partition coefficient (Wildman–Crippen LogP) is 3.40. The topological polar surface area (TPSA) is 88.8 Å². The van der Waals surface area contributed by atoms with Gasteiger partial charge in [-0.05, 0) is 69.2 Å². The van der Waals surface area contributed by atoms with E-state index in [0.717, 1.165) is 30.2 Å². The molecule has 1 fully saturated rings. The summed E-state index contributed by atoms with van der Waals surface area (Å²) < 4.78 is 5.25. The highest BCUT2D eigenvalue weighted by Gasteiger charge is 2.36. The van der Waals surface area contributed by atoms with E-state index in [2.05, 4.69) is 6.92 Å². The average Bonchev–Trinajstić information content (AvgIpc) is 2.76. The molecule has 2 heterocycles. The van der Waals surface area contributed by atoms with Crippen LogP contribution in [0.25, 0.3) is 10.9 Å². The van der Waals surface area contributed by atoms with E-state index in [1.54, 1.807) is 4.90 Å². The number of pyridine rings is 1.